The van der Waals surface area contributed by atoms with Crippen molar-refractivity contribution in [3.8, 4) is 0 Å². The molecule has 0 saturated carbocycles. The number of β-amino-alcohol motifs (C(OH)–C–C–N with tert-alkyl or cyclic N) is 1. The van der Waals surface area contributed by atoms with Gasteiger partial charge in [-0.3, -0.25) is 14.5 Å². The molecule has 2 aliphatic rings. The van der Waals surface area contributed by atoms with E-state index in [0.29, 0.717) is 61.4 Å². The van der Waals surface area contributed by atoms with Crippen LogP contribution in [-0.2, 0) is 9.59 Å². The van der Waals surface area contributed by atoms with E-state index in [1.165, 1.54) is 0 Å². The third-order valence-corrected chi connectivity index (χ3v) is 5.75. The summed E-state index contributed by atoms with van der Waals surface area (Å²) in [4.78, 5) is 31.2. The highest BCUT2D eigenvalue weighted by molar-refractivity contribution is 6.42. The molecule has 1 aromatic carbocycles. The molecule has 2 heterocycles. The molecule has 1 unspecified atom stereocenters. The van der Waals surface area contributed by atoms with Gasteiger partial charge >= 0.3 is 0 Å². The monoisotopic (exact) mass is 413 g/mol. The first-order valence-electron chi connectivity index (χ1n) is 9.16. The van der Waals surface area contributed by atoms with Crippen LogP contribution in [-0.4, -0.2) is 71.6 Å². The van der Waals surface area contributed by atoms with E-state index in [9.17, 15) is 14.7 Å². The average Bonchev–Trinajstić information content (AvgIpc) is 2.97. The summed E-state index contributed by atoms with van der Waals surface area (Å²) in [5, 5.41) is 10.8. The molecule has 2 aliphatic heterocycles. The van der Waals surface area contributed by atoms with E-state index in [1.807, 2.05) is 0 Å². The van der Waals surface area contributed by atoms with E-state index >= 15 is 0 Å². The number of halogens is 2. The Balaban J connectivity index is 1.60. The van der Waals surface area contributed by atoms with Gasteiger partial charge in [0.25, 0.3) is 0 Å². The van der Waals surface area contributed by atoms with Gasteiger partial charge in [-0.1, -0.05) is 23.2 Å². The van der Waals surface area contributed by atoms with Gasteiger partial charge in [-0.2, -0.15) is 0 Å². The van der Waals surface area contributed by atoms with Crippen molar-refractivity contribution in [3.63, 3.8) is 0 Å². The first kappa shape index (κ1) is 20.4. The molecule has 8 heteroatoms. The molecular formula is C19H25Cl2N3O3. The van der Waals surface area contributed by atoms with Gasteiger partial charge in [-0.15, -0.1) is 0 Å². The lowest BCUT2D eigenvalue weighted by Gasteiger charge is -2.38. The molecule has 3 rings (SSSR count). The zero-order valence-electron chi connectivity index (χ0n) is 15.6. The van der Waals surface area contributed by atoms with E-state index in [1.54, 1.807) is 41.8 Å². The number of aliphatic hydroxyl groups is 1. The fourth-order valence-electron chi connectivity index (χ4n) is 3.71. The van der Waals surface area contributed by atoms with Gasteiger partial charge in [0.15, 0.2) is 0 Å². The molecule has 0 aromatic heterocycles. The first-order valence-corrected chi connectivity index (χ1v) is 9.91. The summed E-state index contributed by atoms with van der Waals surface area (Å²) in [5.74, 6) is -0.928. The number of carbonyl (C=O) groups is 2. The fourth-order valence-corrected chi connectivity index (χ4v) is 4.00. The van der Waals surface area contributed by atoms with Crippen molar-refractivity contribution in [2.45, 2.75) is 25.9 Å². The Morgan fingerprint density at radius 3 is 2.41 bits per heavy atom. The minimum Gasteiger partial charge on any atom is -0.389 e. The second-order valence-electron chi connectivity index (χ2n) is 7.84. The molecule has 2 fully saturated rings. The molecule has 1 N–H and O–H groups in total. The van der Waals surface area contributed by atoms with Crippen LogP contribution in [0.15, 0.2) is 18.2 Å². The lowest BCUT2D eigenvalue weighted by atomic mass is 10.1. The van der Waals surface area contributed by atoms with Crippen LogP contribution in [0.1, 0.15) is 20.3 Å². The number of hydrogen-bond acceptors (Lipinski definition) is 4. The van der Waals surface area contributed by atoms with Crippen LogP contribution < -0.4 is 4.90 Å². The number of nitrogens with zero attached hydrogens (tertiary/aromatic N) is 3. The largest absolute Gasteiger partial charge is 0.389 e. The Kier molecular flexibility index (Phi) is 6.01. The first-order chi connectivity index (χ1) is 12.7. The second kappa shape index (κ2) is 7.95. The van der Waals surface area contributed by atoms with Crippen LogP contribution in [0.5, 0.6) is 0 Å². The maximum Gasteiger partial charge on any atom is 0.239 e. The zero-order valence-corrected chi connectivity index (χ0v) is 17.1. The van der Waals surface area contributed by atoms with Gasteiger partial charge in [0, 0.05) is 45.0 Å². The molecule has 1 aromatic rings. The molecular weight excluding hydrogens is 389 g/mol. The molecule has 2 amide bonds. The van der Waals surface area contributed by atoms with Crippen molar-refractivity contribution < 1.29 is 14.7 Å². The molecule has 0 radical (unpaired) electrons. The van der Waals surface area contributed by atoms with Crippen molar-refractivity contribution in [1.29, 1.82) is 0 Å². The van der Waals surface area contributed by atoms with E-state index in [4.69, 9.17) is 23.2 Å². The van der Waals surface area contributed by atoms with Crippen molar-refractivity contribution >= 4 is 40.7 Å². The third kappa shape index (κ3) is 4.74. The highest BCUT2D eigenvalue weighted by atomic mass is 35.5. The predicted octanol–water partition coefficient (Wildman–Crippen LogP) is 2.26. The van der Waals surface area contributed by atoms with Gasteiger partial charge in [-0.25, -0.2) is 0 Å². The second-order valence-corrected chi connectivity index (χ2v) is 8.66. The summed E-state index contributed by atoms with van der Waals surface area (Å²) in [6.07, 6.45) is 0.502. The third-order valence-electron chi connectivity index (χ3n) is 5.01. The van der Waals surface area contributed by atoms with Crippen molar-refractivity contribution in [1.82, 2.24) is 9.80 Å². The van der Waals surface area contributed by atoms with E-state index in [-0.39, 0.29) is 11.8 Å². The average molecular weight is 414 g/mol. The summed E-state index contributed by atoms with van der Waals surface area (Å²) in [5.41, 5.74) is -0.0896. The molecule has 6 nitrogen and oxygen atoms in total. The normalized spacial score (nSPS) is 21.8. The minimum absolute atomic E-state index is 0.106. The summed E-state index contributed by atoms with van der Waals surface area (Å²) in [7, 11) is 0. The van der Waals surface area contributed by atoms with E-state index < -0.39 is 11.5 Å². The highest BCUT2D eigenvalue weighted by Crippen LogP contribution is 2.31. The van der Waals surface area contributed by atoms with Gasteiger partial charge in [0.2, 0.25) is 11.8 Å². The smallest absolute Gasteiger partial charge is 0.239 e. The molecule has 0 spiro atoms. The Bertz CT molecular complexity index is 727. The maximum absolute atomic E-state index is 12.9. The number of carbonyl (C=O) groups excluding carboxylic acids is 2. The summed E-state index contributed by atoms with van der Waals surface area (Å²) in [6, 6.07) is 5.06. The van der Waals surface area contributed by atoms with Gasteiger partial charge < -0.3 is 14.9 Å². The molecule has 0 bridgehead atoms. The van der Waals surface area contributed by atoms with Crippen molar-refractivity contribution in [2.75, 3.05) is 44.2 Å². The Morgan fingerprint density at radius 2 is 1.81 bits per heavy atom. The number of piperazine rings is 1. The zero-order chi connectivity index (χ0) is 19.8. The van der Waals surface area contributed by atoms with Gasteiger partial charge in [0.1, 0.15) is 5.92 Å². The molecule has 1 atom stereocenters. The van der Waals surface area contributed by atoms with Crippen LogP contribution in [0.3, 0.4) is 0 Å². The Labute approximate surface area is 169 Å². The Hall–Kier alpha value is -1.34. The summed E-state index contributed by atoms with van der Waals surface area (Å²) < 4.78 is 0. The number of rotatable bonds is 4. The number of amides is 2. The number of anilines is 1. The molecule has 148 valence electrons. The van der Waals surface area contributed by atoms with E-state index in [0.717, 1.165) is 0 Å². The molecule has 27 heavy (non-hydrogen) atoms. The number of hydrogen-bond donors (Lipinski definition) is 1. The summed E-state index contributed by atoms with van der Waals surface area (Å²) in [6.45, 7) is 7.17. The van der Waals surface area contributed by atoms with Gasteiger partial charge in [-0.05, 0) is 38.5 Å². The maximum atomic E-state index is 12.9. The van der Waals surface area contributed by atoms with Crippen molar-refractivity contribution in [2.24, 2.45) is 5.92 Å². The van der Waals surface area contributed by atoms with E-state index in [2.05, 4.69) is 4.90 Å². The molecule has 2 saturated heterocycles. The molecule has 0 aliphatic carbocycles. The van der Waals surface area contributed by atoms with Crippen LogP contribution in [0.25, 0.3) is 0 Å². The SMILES string of the molecule is CC(C)(O)CN1CCN(C(=O)C2CCN(c3ccc(Cl)c(Cl)c3)C2=O)CC1. The van der Waals surface area contributed by atoms with Crippen LogP contribution in [0, 0.1) is 5.92 Å². The quantitative estimate of drug-likeness (QED) is 0.768. The lowest BCUT2D eigenvalue weighted by Crippen LogP contribution is -2.53. The van der Waals surface area contributed by atoms with Crippen LogP contribution >= 0.6 is 23.2 Å². The standard InChI is InChI=1S/C19H25Cl2N3O3/c1-19(2,27)12-22-7-9-23(10-8-22)17(25)14-5-6-24(18(14)26)13-3-4-15(20)16(21)11-13/h3-4,11,14,27H,5-10,12H2,1-2H3. The minimum atomic E-state index is -0.756. The Morgan fingerprint density at radius 1 is 1.15 bits per heavy atom. The summed E-state index contributed by atoms with van der Waals surface area (Å²) >= 11 is 12.0. The highest BCUT2D eigenvalue weighted by Gasteiger charge is 2.40. The van der Waals surface area contributed by atoms with Crippen molar-refractivity contribution in [3.05, 3.63) is 28.2 Å². The fraction of sp³-hybridized carbons (Fsp3) is 0.579. The lowest BCUT2D eigenvalue weighted by molar-refractivity contribution is -0.141. The number of benzene rings is 1. The van der Waals surface area contributed by atoms with Gasteiger partial charge in [0.05, 0.1) is 15.6 Å². The predicted molar refractivity (Wildman–Crippen MR) is 106 cm³/mol. The van der Waals surface area contributed by atoms with Crippen LogP contribution in [0.2, 0.25) is 10.0 Å². The topological polar surface area (TPSA) is 64.1 Å². The van der Waals surface area contributed by atoms with Crippen LogP contribution in [0.4, 0.5) is 5.69 Å².